The Kier molecular flexibility index (Phi) is 4.06. The zero-order valence-electron chi connectivity index (χ0n) is 10.8. The molecule has 5 heteroatoms. The molecule has 1 aromatic carbocycles. The Morgan fingerprint density at radius 1 is 1.21 bits per heavy atom. The van der Waals surface area contributed by atoms with Crippen LogP contribution in [-0.4, -0.2) is 18.9 Å². The lowest BCUT2D eigenvalue weighted by molar-refractivity contribution is -0.684. The van der Waals surface area contributed by atoms with Crippen LogP contribution in [-0.2, 0) is 11.3 Å². The Morgan fingerprint density at radius 3 is 2.37 bits per heavy atom. The summed E-state index contributed by atoms with van der Waals surface area (Å²) in [5.41, 5.74) is 4.00. The molecule has 1 heterocycles. The zero-order valence-corrected chi connectivity index (χ0v) is 11.6. The van der Waals surface area contributed by atoms with E-state index in [9.17, 15) is 9.59 Å². The summed E-state index contributed by atoms with van der Waals surface area (Å²) in [6.07, 6.45) is 0. The van der Waals surface area contributed by atoms with Crippen LogP contribution in [0.3, 0.4) is 0 Å². The molecule has 1 aromatic heterocycles. The smallest absolute Gasteiger partial charge is 0.337 e. The minimum atomic E-state index is -0.401. The van der Waals surface area contributed by atoms with Gasteiger partial charge < -0.3 is 4.74 Å². The Hall–Kier alpha value is -2.01. The SMILES string of the molecule is COC(=O)c1ccc(C(=O)C[n+]2cscc2C)cc1. The highest BCUT2D eigenvalue weighted by molar-refractivity contribution is 7.07. The first-order valence-electron chi connectivity index (χ1n) is 5.75. The summed E-state index contributed by atoms with van der Waals surface area (Å²) in [6, 6.07) is 6.50. The van der Waals surface area contributed by atoms with Crippen molar-refractivity contribution >= 4 is 23.1 Å². The zero-order chi connectivity index (χ0) is 13.8. The number of methoxy groups -OCH3 is 1. The highest BCUT2D eigenvalue weighted by Gasteiger charge is 2.15. The van der Waals surface area contributed by atoms with E-state index in [1.807, 2.05) is 22.4 Å². The van der Waals surface area contributed by atoms with Crippen molar-refractivity contribution in [2.24, 2.45) is 0 Å². The van der Waals surface area contributed by atoms with Crippen LogP contribution in [0.25, 0.3) is 0 Å². The van der Waals surface area contributed by atoms with Crippen LogP contribution < -0.4 is 4.57 Å². The molecule has 0 saturated carbocycles. The van der Waals surface area contributed by atoms with Gasteiger partial charge in [0.1, 0.15) is 0 Å². The third-order valence-corrected chi connectivity index (χ3v) is 3.68. The lowest BCUT2D eigenvalue weighted by Crippen LogP contribution is -2.38. The van der Waals surface area contributed by atoms with Gasteiger partial charge in [-0.25, -0.2) is 4.79 Å². The van der Waals surface area contributed by atoms with E-state index in [1.54, 1.807) is 35.6 Å². The minimum Gasteiger partial charge on any atom is -0.465 e. The molecule has 0 aliphatic rings. The number of hydrogen-bond donors (Lipinski definition) is 0. The molecular weight excluding hydrogens is 262 g/mol. The average molecular weight is 276 g/mol. The molecule has 0 aliphatic heterocycles. The van der Waals surface area contributed by atoms with Crippen LogP contribution in [0, 0.1) is 6.92 Å². The predicted molar refractivity (Wildman–Crippen MR) is 71.4 cm³/mol. The lowest BCUT2D eigenvalue weighted by Gasteiger charge is -2.01. The van der Waals surface area contributed by atoms with E-state index in [2.05, 4.69) is 4.74 Å². The van der Waals surface area contributed by atoms with Gasteiger partial charge in [0.15, 0.2) is 5.69 Å². The molecule has 4 nitrogen and oxygen atoms in total. The number of esters is 1. The third-order valence-electron chi connectivity index (χ3n) is 2.82. The molecule has 0 unspecified atom stereocenters. The maximum absolute atomic E-state index is 12.1. The van der Waals surface area contributed by atoms with Gasteiger partial charge in [0, 0.05) is 12.5 Å². The number of Topliss-reactive ketones (excluding diaryl/α,β-unsaturated/α-hetero) is 1. The van der Waals surface area contributed by atoms with Crippen LogP contribution in [0.5, 0.6) is 0 Å². The van der Waals surface area contributed by atoms with Crippen molar-refractivity contribution in [3.63, 3.8) is 0 Å². The molecule has 0 atom stereocenters. The van der Waals surface area contributed by atoms with Crippen molar-refractivity contribution in [3.8, 4) is 0 Å². The van der Waals surface area contributed by atoms with Gasteiger partial charge >= 0.3 is 5.97 Å². The predicted octanol–water partition coefficient (Wildman–Crippen LogP) is 2.01. The second-order valence-electron chi connectivity index (χ2n) is 4.12. The number of hydrogen-bond acceptors (Lipinski definition) is 4. The molecule has 2 rings (SSSR count). The number of aromatic nitrogens is 1. The van der Waals surface area contributed by atoms with Crippen LogP contribution in [0.4, 0.5) is 0 Å². The largest absolute Gasteiger partial charge is 0.465 e. The molecule has 19 heavy (non-hydrogen) atoms. The van der Waals surface area contributed by atoms with Gasteiger partial charge in [-0.05, 0) is 12.1 Å². The number of ether oxygens (including phenoxy) is 1. The highest BCUT2D eigenvalue weighted by Crippen LogP contribution is 2.07. The Bertz CT molecular complexity index is 601. The Balaban J connectivity index is 2.12. The van der Waals surface area contributed by atoms with E-state index in [4.69, 9.17) is 0 Å². The second-order valence-corrected chi connectivity index (χ2v) is 4.84. The molecule has 0 spiro atoms. The number of benzene rings is 1. The molecule has 2 aromatic rings. The number of carbonyl (C=O) groups excluding carboxylic acids is 2. The first-order valence-corrected chi connectivity index (χ1v) is 6.70. The topological polar surface area (TPSA) is 47.3 Å². The third kappa shape index (κ3) is 3.06. The number of aryl methyl sites for hydroxylation is 1. The van der Waals surface area contributed by atoms with Gasteiger partial charge in [-0.15, -0.1) is 0 Å². The van der Waals surface area contributed by atoms with Crippen LogP contribution in [0.1, 0.15) is 26.4 Å². The summed E-state index contributed by atoms with van der Waals surface area (Å²) < 4.78 is 6.51. The standard InChI is InChI=1S/C14H14NO3S/c1-10-8-19-9-15(10)7-13(16)11-3-5-12(6-4-11)14(17)18-2/h3-6,8-9H,7H2,1-2H3/q+1. The molecule has 0 N–H and O–H groups in total. The fourth-order valence-corrected chi connectivity index (χ4v) is 2.45. The molecule has 0 aliphatic carbocycles. The van der Waals surface area contributed by atoms with Gasteiger partial charge in [-0.3, -0.25) is 4.79 Å². The number of nitrogens with zero attached hydrogens (tertiary/aromatic N) is 1. The van der Waals surface area contributed by atoms with Crippen LogP contribution >= 0.6 is 11.3 Å². The number of carbonyl (C=O) groups is 2. The van der Waals surface area contributed by atoms with E-state index in [-0.39, 0.29) is 5.78 Å². The first-order chi connectivity index (χ1) is 9.11. The molecule has 0 bridgehead atoms. The van der Waals surface area contributed by atoms with Crippen molar-refractivity contribution < 1.29 is 18.9 Å². The Labute approximate surface area is 115 Å². The summed E-state index contributed by atoms with van der Waals surface area (Å²) in [6.45, 7) is 2.27. The van der Waals surface area contributed by atoms with Crippen molar-refractivity contribution in [1.82, 2.24) is 0 Å². The summed E-state index contributed by atoms with van der Waals surface area (Å²) in [4.78, 5) is 23.4. The monoisotopic (exact) mass is 276 g/mol. The average Bonchev–Trinajstić information content (AvgIpc) is 2.83. The van der Waals surface area contributed by atoms with Gasteiger partial charge in [0.05, 0.1) is 18.1 Å². The quantitative estimate of drug-likeness (QED) is 0.487. The summed E-state index contributed by atoms with van der Waals surface area (Å²) >= 11 is 1.56. The summed E-state index contributed by atoms with van der Waals surface area (Å²) in [5.74, 6) is -0.384. The van der Waals surface area contributed by atoms with E-state index >= 15 is 0 Å². The van der Waals surface area contributed by atoms with Crippen molar-refractivity contribution in [3.05, 3.63) is 52.0 Å². The molecule has 0 saturated heterocycles. The van der Waals surface area contributed by atoms with Crippen molar-refractivity contribution in [1.29, 1.82) is 0 Å². The van der Waals surface area contributed by atoms with Crippen molar-refractivity contribution in [2.45, 2.75) is 13.5 Å². The second kappa shape index (κ2) is 5.75. The first kappa shape index (κ1) is 13.4. The Morgan fingerprint density at radius 2 is 1.84 bits per heavy atom. The van der Waals surface area contributed by atoms with Gasteiger partial charge in [0.2, 0.25) is 17.8 Å². The fourth-order valence-electron chi connectivity index (χ4n) is 1.67. The summed E-state index contributed by atoms with van der Waals surface area (Å²) in [7, 11) is 1.33. The minimum absolute atomic E-state index is 0.0166. The molecule has 0 fully saturated rings. The highest BCUT2D eigenvalue weighted by atomic mass is 32.1. The number of ketones is 1. The van der Waals surface area contributed by atoms with E-state index < -0.39 is 5.97 Å². The van der Waals surface area contributed by atoms with E-state index in [0.717, 1.165) is 5.69 Å². The van der Waals surface area contributed by atoms with Gasteiger partial charge in [-0.2, -0.15) is 4.57 Å². The number of rotatable bonds is 4. The van der Waals surface area contributed by atoms with Crippen LogP contribution in [0.2, 0.25) is 0 Å². The van der Waals surface area contributed by atoms with Crippen LogP contribution in [0.15, 0.2) is 35.2 Å². The number of thiazole rings is 1. The van der Waals surface area contributed by atoms with E-state index in [1.165, 1.54) is 7.11 Å². The molecule has 0 amide bonds. The molecular formula is C14H14NO3S+. The van der Waals surface area contributed by atoms with Gasteiger partial charge in [0.25, 0.3) is 0 Å². The van der Waals surface area contributed by atoms with Gasteiger partial charge in [-0.1, -0.05) is 23.5 Å². The fraction of sp³-hybridized carbons (Fsp3) is 0.214. The molecule has 98 valence electrons. The van der Waals surface area contributed by atoms with Crippen molar-refractivity contribution in [2.75, 3.05) is 7.11 Å². The molecule has 0 radical (unpaired) electrons. The van der Waals surface area contributed by atoms with E-state index in [0.29, 0.717) is 17.7 Å². The maximum Gasteiger partial charge on any atom is 0.337 e. The normalized spacial score (nSPS) is 10.2. The maximum atomic E-state index is 12.1. The lowest BCUT2D eigenvalue weighted by atomic mass is 10.1. The summed E-state index contributed by atoms with van der Waals surface area (Å²) in [5, 5.41) is 1.99.